The van der Waals surface area contributed by atoms with Crippen molar-refractivity contribution in [1.82, 2.24) is 9.88 Å². The van der Waals surface area contributed by atoms with E-state index in [1.807, 2.05) is 6.20 Å². The van der Waals surface area contributed by atoms with Crippen molar-refractivity contribution >= 4 is 0 Å². The van der Waals surface area contributed by atoms with Crippen LogP contribution in [-0.2, 0) is 13.1 Å². The number of aromatic amines is 1. The Balaban J connectivity index is 0.000000605. The molecule has 54 valence electrons. The summed E-state index contributed by atoms with van der Waals surface area (Å²) in [6.45, 7) is 5.60. The van der Waals surface area contributed by atoms with Crippen LogP contribution in [-0.4, -0.2) is 16.4 Å². The molecule has 10 heavy (non-hydrogen) atoms. The molecule has 0 atom stereocenters. The first-order chi connectivity index (χ1) is 4.90. The molecule has 0 spiro atoms. The molecule has 2 heteroatoms. The van der Waals surface area contributed by atoms with E-state index in [1.165, 1.54) is 11.3 Å². The van der Waals surface area contributed by atoms with Crippen molar-refractivity contribution in [3.8, 4) is 0 Å². The van der Waals surface area contributed by atoms with Crippen molar-refractivity contribution < 1.29 is 1.43 Å². The van der Waals surface area contributed by atoms with Gasteiger partial charge in [-0.3, -0.25) is 4.90 Å². The molecule has 0 aromatic carbocycles. The highest BCUT2D eigenvalue weighted by Gasteiger charge is 2.16. The summed E-state index contributed by atoms with van der Waals surface area (Å²) in [7, 11) is 0. The molecule has 0 radical (unpaired) electrons. The largest absolute Gasteiger partial charge is 1.00 e. The van der Waals surface area contributed by atoms with E-state index in [4.69, 9.17) is 0 Å². The van der Waals surface area contributed by atoms with Crippen LogP contribution in [0.4, 0.5) is 0 Å². The maximum absolute atomic E-state index is 3.24. The third kappa shape index (κ3) is 0.762. The Hall–Kier alpha value is -0.760. The number of nitrogens with one attached hydrogen (secondary N) is 1. The zero-order chi connectivity index (χ0) is 6.97. The van der Waals surface area contributed by atoms with Crippen molar-refractivity contribution in [2.24, 2.45) is 0 Å². The number of aromatic nitrogens is 1. The average molecular weight is 137 g/mol. The highest BCUT2D eigenvalue weighted by molar-refractivity contribution is 5.23. The first kappa shape index (κ1) is 5.98. The van der Waals surface area contributed by atoms with Crippen molar-refractivity contribution in [3.63, 3.8) is 0 Å². The maximum atomic E-state index is 3.24. The maximum Gasteiger partial charge on any atom is 1.00 e. The normalized spacial score (nSPS) is 17.7. The molecule has 2 nitrogen and oxygen atoms in total. The van der Waals surface area contributed by atoms with Gasteiger partial charge >= 0.3 is 1.43 Å². The highest BCUT2D eigenvalue weighted by atomic mass is 15.1. The first-order valence-corrected chi connectivity index (χ1v) is 3.77. The summed E-state index contributed by atoms with van der Waals surface area (Å²) in [6, 6.07) is 2.17. The van der Waals surface area contributed by atoms with E-state index in [-0.39, 0.29) is 1.43 Å². The molecule has 1 aromatic rings. The Labute approximate surface area is 62.3 Å². The van der Waals surface area contributed by atoms with Crippen LogP contribution in [0.5, 0.6) is 0 Å². The Morgan fingerprint density at radius 1 is 1.70 bits per heavy atom. The Morgan fingerprint density at radius 3 is 3.30 bits per heavy atom. The van der Waals surface area contributed by atoms with Gasteiger partial charge in [0, 0.05) is 25.0 Å². The van der Waals surface area contributed by atoms with Crippen molar-refractivity contribution in [2.45, 2.75) is 20.0 Å². The molecule has 0 amide bonds. The van der Waals surface area contributed by atoms with Gasteiger partial charge in [-0.2, -0.15) is 0 Å². The standard InChI is InChI=1S/C8H12N2/c1-2-10-5-7-3-4-9-8(7)6-10/h3-4,9H,2,5-6H2,1H3/p+1. The number of fused-ring (bicyclic) bond motifs is 1. The molecule has 1 aromatic heterocycles. The Kier molecular flexibility index (Phi) is 1.27. The number of hydrogen-bond donors (Lipinski definition) is 1. The molecule has 1 N–H and O–H groups in total. The van der Waals surface area contributed by atoms with Gasteiger partial charge in [0.05, 0.1) is 0 Å². The van der Waals surface area contributed by atoms with Gasteiger partial charge in [0.2, 0.25) is 0 Å². The lowest BCUT2D eigenvalue weighted by atomic mass is 10.3. The number of hydrogen-bond acceptors (Lipinski definition) is 1. The van der Waals surface area contributed by atoms with E-state index < -0.39 is 0 Å². The van der Waals surface area contributed by atoms with Gasteiger partial charge in [-0.15, -0.1) is 0 Å². The lowest BCUT2D eigenvalue weighted by molar-refractivity contribution is 0.298. The van der Waals surface area contributed by atoms with Gasteiger partial charge in [-0.05, 0) is 18.2 Å². The van der Waals surface area contributed by atoms with Crippen LogP contribution in [0.25, 0.3) is 0 Å². The van der Waals surface area contributed by atoms with Gasteiger partial charge in [-0.1, -0.05) is 6.92 Å². The number of H-pyrrole nitrogens is 1. The van der Waals surface area contributed by atoms with Crippen LogP contribution in [0.15, 0.2) is 12.3 Å². The van der Waals surface area contributed by atoms with Gasteiger partial charge in [0.1, 0.15) is 0 Å². The van der Waals surface area contributed by atoms with E-state index in [9.17, 15) is 0 Å². The molecule has 0 aliphatic carbocycles. The van der Waals surface area contributed by atoms with Crippen LogP contribution in [0.2, 0.25) is 0 Å². The second-order valence-corrected chi connectivity index (χ2v) is 2.78. The molecule has 0 saturated carbocycles. The minimum atomic E-state index is 0. The summed E-state index contributed by atoms with van der Waals surface area (Å²) in [4.78, 5) is 5.66. The Bertz CT molecular complexity index is 211. The second-order valence-electron chi connectivity index (χ2n) is 2.78. The van der Waals surface area contributed by atoms with Crippen molar-refractivity contribution in [2.75, 3.05) is 6.54 Å². The number of rotatable bonds is 1. The fourth-order valence-corrected chi connectivity index (χ4v) is 1.48. The third-order valence-electron chi connectivity index (χ3n) is 2.15. The fraction of sp³-hybridized carbons (Fsp3) is 0.500. The van der Waals surface area contributed by atoms with Crippen molar-refractivity contribution in [3.05, 3.63) is 23.5 Å². The van der Waals surface area contributed by atoms with Gasteiger partial charge in [0.15, 0.2) is 0 Å². The fourth-order valence-electron chi connectivity index (χ4n) is 1.48. The molecule has 0 saturated heterocycles. The van der Waals surface area contributed by atoms with Crippen LogP contribution < -0.4 is 0 Å². The summed E-state index contributed by atoms with van der Waals surface area (Å²) in [5, 5.41) is 0. The summed E-state index contributed by atoms with van der Waals surface area (Å²) >= 11 is 0. The highest BCUT2D eigenvalue weighted by Crippen LogP contribution is 2.19. The first-order valence-electron chi connectivity index (χ1n) is 3.77. The molecular weight excluding hydrogens is 124 g/mol. The summed E-state index contributed by atoms with van der Waals surface area (Å²) < 4.78 is 0. The van der Waals surface area contributed by atoms with Gasteiger partial charge in [0.25, 0.3) is 0 Å². The van der Waals surface area contributed by atoms with Crippen LogP contribution in [0.1, 0.15) is 19.6 Å². The zero-order valence-corrected chi connectivity index (χ0v) is 6.22. The topological polar surface area (TPSA) is 19.0 Å². The summed E-state index contributed by atoms with van der Waals surface area (Å²) in [6.07, 6.45) is 2.03. The molecule has 0 fully saturated rings. The molecule has 2 rings (SSSR count). The third-order valence-corrected chi connectivity index (χ3v) is 2.15. The van der Waals surface area contributed by atoms with E-state index in [2.05, 4.69) is 22.9 Å². The van der Waals surface area contributed by atoms with Crippen LogP contribution >= 0.6 is 0 Å². The van der Waals surface area contributed by atoms with Gasteiger partial charge < -0.3 is 4.98 Å². The molecule has 1 aliphatic heterocycles. The molecule has 2 heterocycles. The van der Waals surface area contributed by atoms with Crippen LogP contribution in [0, 0.1) is 0 Å². The second kappa shape index (κ2) is 2.13. The molecule has 1 aliphatic rings. The zero-order valence-electron chi connectivity index (χ0n) is 7.22. The van der Waals surface area contributed by atoms with E-state index >= 15 is 0 Å². The minimum absolute atomic E-state index is 0. The SMILES string of the molecule is CCN1Cc2cc[nH]c2C1.[H+]. The molecule has 0 bridgehead atoms. The summed E-state index contributed by atoms with van der Waals surface area (Å²) in [5.74, 6) is 0. The molecular formula is C8H13N2+. The van der Waals surface area contributed by atoms with E-state index in [0.717, 1.165) is 19.6 Å². The molecule has 0 unspecified atom stereocenters. The van der Waals surface area contributed by atoms with Crippen molar-refractivity contribution in [1.29, 1.82) is 0 Å². The monoisotopic (exact) mass is 137 g/mol. The minimum Gasteiger partial charge on any atom is -0.364 e. The van der Waals surface area contributed by atoms with Gasteiger partial charge in [-0.25, -0.2) is 0 Å². The number of nitrogens with zero attached hydrogens (tertiary/aromatic N) is 1. The predicted molar refractivity (Wildman–Crippen MR) is 41.7 cm³/mol. The predicted octanol–water partition coefficient (Wildman–Crippen LogP) is 1.46. The van der Waals surface area contributed by atoms with E-state index in [0.29, 0.717) is 0 Å². The lowest BCUT2D eigenvalue weighted by Crippen LogP contribution is -2.15. The van der Waals surface area contributed by atoms with Crippen LogP contribution in [0.3, 0.4) is 0 Å². The smallest absolute Gasteiger partial charge is 0.364 e. The van der Waals surface area contributed by atoms with E-state index in [1.54, 1.807) is 0 Å². The quantitative estimate of drug-likeness (QED) is 0.621. The Morgan fingerprint density at radius 2 is 2.60 bits per heavy atom. The average Bonchev–Trinajstić information content (AvgIpc) is 2.42. The lowest BCUT2D eigenvalue weighted by Gasteiger charge is -2.09. The summed E-state index contributed by atoms with van der Waals surface area (Å²) in [5.41, 5.74) is 2.88.